The second-order valence-electron chi connectivity index (χ2n) is 20.1. The maximum atomic E-state index is 14.4. The monoisotopic (exact) mass is 1010 g/mol. The number of likely N-dealkylation sites (tertiary alicyclic amines) is 2. The van der Waals surface area contributed by atoms with Gasteiger partial charge in [0.15, 0.2) is 0 Å². The summed E-state index contributed by atoms with van der Waals surface area (Å²) in [5.41, 5.74) is 1.30. The highest BCUT2D eigenvalue weighted by molar-refractivity contribution is 6.14. The lowest BCUT2D eigenvalue weighted by Crippen LogP contribution is -2.59. The van der Waals surface area contributed by atoms with Crippen LogP contribution in [0.5, 0.6) is 0 Å². The minimum absolute atomic E-state index is 0.00287. The van der Waals surface area contributed by atoms with Crippen LogP contribution in [-0.2, 0) is 59.0 Å². The van der Waals surface area contributed by atoms with Crippen molar-refractivity contribution in [1.29, 1.82) is 0 Å². The van der Waals surface area contributed by atoms with Gasteiger partial charge in [0.05, 0.1) is 42.7 Å². The van der Waals surface area contributed by atoms with Crippen LogP contribution in [0.3, 0.4) is 0 Å². The van der Waals surface area contributed by atoms with Gasteiger partial charge in [0.25, 0.3) is 11.8 Å². The molecule has 2 fully saturated rings. The average Bonchev–Trinajstić information content (AvgIpc) is 3.96. The zero-order valence-corrected chi connectivity index (χ0v) is 44.5. The quantitative estimate of drug-likeness (QED) is 0.103. The van der Waals surface area contributed by atoms with Crippen molar-refractivity contribution < 1.29 is 52.6 Å². The first kappa shape index (κ1) is 58.8. The SMILES string of the molecule is CC[C@H](C)[C@@H]([C@@H](CC(=O)N1CCC[C@H]1[C@H](OC)[C@@H](C)C(=O)N(C)CCc1cccc(NC(=O)[C@H](C)NC(=O)[C@H](C)NC(=O)CN2C(=O)C=CC2=O)c1)OC)N(C)C(=O)[C@@H](NC(=O)[C@@H]1CCCCN1C)C(C)C. The molecular formula is C52H81N9O11. The van der Waals surface area contributed by atoms with Gasteiger partial charge in [0.1, 0.15) is 24.7 Å². The van der Waals surface area contributed by atoms with Crippen molar-refractivity contribution in [1.82, 2.24) is 40.4 Å². The Morgan fingerprint density at radius 3 is 2.08 bits per heavy atom. The van der Waals surface area contributed by atoms with Crippen LogP contribution < -0.4 is 21.3 Å². The Bertz CT molecular complexity index is 2120. The molecule has 72 heavy (non-hydrogen) atoms. The Kier molecular flexibility index (Phi) is 22.4. The minimum Gasteiger partial charge on any atom is -0.379 e. The van der Waals surface area contributed by atoms with E-state index in [9.17, 15) is 43.2 Å². The van der Waals surface area contributed by atoms with Crippen LogP contribution in [0.1, 0.15) is 99.0 Å². The molecule has 20 nitrogen and oxygen atoms in total. The van der Waals surface area contributed by atoms with E-state index >= 15 is 0 Å². The molecule has 2 saturated heterocycles. The number of carbonyl (C=O) groups is 9. The van der Waals surface area contributed by atoms with Gasteiger partial charge in [-0.25, -0.2) is 0 Å². The Balaban J connectivity index is 1.33. The molecule has 3 heterocycles. The van der Waals surface area contributed by atoms with Gasteiger partial charge < -0.3 is 45.4 Å². The van der Waals surface area contributed by atoms with Crippen molar-refractivity contribution in [3.05, 3.63) is 42.0 Å². The predicted octanol–water partition coefficient (Wildman–Crippen LogP) is 2.11. The number of ether oxygens (including phenoxy) is 2. The lowest BCUT2D eigenvalue weighted by atomic mass is 9.89. The fourth-order valence-electron chi connectivity index (χ4n) is 9.98. The van der Waals surface area contributed by atoms with E-state index in [1.165, 1.54) is 13.8 Å². The van der Waals surface area contributed by atoms with E-state index < -0.39 is 78.4 Å². The van der Waals surface area contributed by atoms with Gasteiger partial charge in [0, 0.05) is 59.2 Å². The summed E-state index contributed by atoms with van der Waals surface area (Å²) in [6.45, 7) is 13.7. The van der Waals surface area contributed by atoms with Gasteiger partial charge in [-0.05, 0) is 89.1 Å². The number of piperidine rings is 1. The molecular weight excluding hydrogens is 927 g/mol. The highest BCUT2D eigenvalue weighted by atomic mass is 16.5. The molecule has 1 aromatic rings. The molecule has 4 N–H and O–H groups in total. The number of hydrogen-bond donors (Lipinski definition) is 4. The number of amides is 9. The van der Waals surface area contributed by atoms with Crippen LogP contribution in [0.15, 0.2) is 36.4 Å². The Morgan fingerprint density at radius 2 is 1.47 bits per heavy atom. The fraction of sp³-hybridized carbons (Fsp3) is 0.673. The van der Waals surface area contributed by atoms with Crippen LogP contribution in [-0.4, -0.2) is 188 Å². The lowest BCUT2D eigenvalue weighted by Gasteiger charge is -2.41. The van der Waals surface area contributed by atoms with E-state index in [0.717, 1.165) is 61.3 Å². The number of rotatable bonds is 25. The van der Waals surface area contributed by atoms with E-state index in [-0.39, 0.29) is 54.0 Å². The van der Waals surface area contributed by atoms with Crippen molar-refractivity contribution >= 4 is 58.9 Å². The van der Waals surface area contributed by atoms with Gasteiger partial charge in [0.2, 0.25) is 41.4 Å². The average molecular weight is 1010 g/mol. The van der Waals surface area contributed by atoms with E-state index in [4.69, 9.17) is 9.47 Å². The molecule has 0 aromatic heterocycles. The third-order valence-corrected chi connectivity index (χ3v) is 14.6. The number of nitrogens with zero attached hydrogens (tertiary/aromatic N) is 5. The first-order chi connectivity index (χ1) is 34.0. The normalized spacial score (nSPS) is 20.5. The number of benzene rings is 1. The van der Waals surface area contributed by atoms with Crippen LogP contribution in [0.25, 0.3) is 0 Å². The molecule has 10 atom stereocenters. The van der Waals surface area contributed by atoms with E-state index in [1.807, 2.05) is 52.6 Å². The second kappa shape index (κ2) is 27.4. The second-order valence-corrected chi connectivity index (χ2v) is 20.1. The van der Waals surface area contributed by atoms with Gasteiger partial charge in [-0.3, -0.25) is 53.0 Å². The van der Waals surface area contributed by atoms with Crippen molar-refractivity contribution in [3.63, 3.8) is 0 Å². The van der Waals surface area contributed by atoms with Gasteiger partial charge >= 0.3 is 0 Å². The van der Waals surface area contributed by atoms with Gasteiger partial charge in [-0.1, -0.05) is 59.6 Å². The van der Waals surface area contributed by atoms with Crippen LogP contribution in [0.2, 0.25) is 0 Å². The highest BCUT2D eigenvalue weighted by Gasteiger charge is 2.43. The molecule has 0 bridgehead atoms. The molecule has 0 saturated carbocycles. The van der Waals surface area contributed by atoms with E-state index in [2.05, 4.69) is 21.3 Å². The zero-order valence-electron chi connectivity index (χ0n) is 44.5. The minimum atomic E-state index is -1.06. The van der Waals surface area contributed by atoms with E-state index in [1.54, 1.807) is 61.2 Å². The number of nitrogens with one attached hydrogen (secondary N) is 4. The number of hydrogen-bond acceptors (Lipinski definition) is 12. The number of likely N-dealkylation sites (N-methyl/N-ethyl adjacent to an activating group) is 3. The molecule has 0 radical (unpaired) electrons. The van der Waals surface area contributed by atoms with Crippen LogP contribution in [0, 0.1) is 17.8 Å². The summed E-state index contributed by atoms with van der Waals surface area (Å²) in [5.74, 6) is -4.67. The Hall–Kier alpha value is -5.73. The summed E-state index contributed by atoms with van der Waals surface area (Å²) in [6, 6.07) is 3.16. The molecule has 0 aliphatic carbocycles. The van der Waals surface area contributed by atoms with Crippen LogP contribution >= 0.6 is 0 Å². The molecule has 400 valence electrons. The molecule has 20 heteroatoms. The third-order valence-electron chi connectivity index (χ3n) is 14.6. The molecule has 0 unspecified atom stereocenters. The lowest BCUT2D eigenvalue weighted by molar-refractivity contribution is -0.149. The standard InChI is InChI=1S/C52H81N9O11/c1-13-32(4)46(59(10)52(70)45(31(2)3)56-50(68)39-20-14-15-25-57(39)8)40(71-11)29-44(65)60-26-17-21-38(60)47(72-12)33(5)51(69)58(9)27-24-36-18-16-19-37(28-36)55-49(67)35(7)54-48(66)34(6)53-41(62)30-61-42(63)22-23-43(61)64/h16,18-19,22-23,28,31-35,38-40,45-47H,13-15,17,20-21,24-27,29-30H2,1-12H3,(H,53,62)(H,54,66)(H,55,67)(H,56,68)/t32-,33+,34-,35-,38-,39-,40+,45-,46-,47+/m0/s1. The first-order valence-electron chi connectivity index (χ1n) is 25.4. The van der Waals surface area contributed by atoms with Gasteiger partial charge in [-0.2, -0.15) is 0 Å². The number of methoxy groups -OCH3 is 2. The Morgan fingerprint density at radius 1 is 0.806 bits per heavy atom. The summed E-state index contributed by atoms with van der Waals surface area (Å²) < 4.78 is 12.1. The summed E-state index contributed by atoms with van der Waals surface area (Å²) >= 11 is 0. The number of carbonyl (C=O) groups excluding carboxylic acids is 9. The molecule has 4 rings (SSSR count). The maximum absolute atomic E-state index is 14.4. The topological polar surface area (TPSA) is 236 Å². The molecule has 3 aliphatic heterocycles. The van der Waals surface area contributed by atoms with Crippen molar-refractivity contribution in [2.75, 3.05) is 66.9 Å². The highest BCUT2D eigenvalue weighted by Crippen LogP contribution is 2.30. The maximum Gasteiger partial charge on any atom is 0.254 e. The third kappa shape index (κ3) is 15.4. The smallest absolute Gasteiger partial charge is 0.254 e. The molecule has 3 aliphatic rings. The van der Waals surface area contributed by atoms with Gasteiger partial charge in [-0.15, -0.1) is 0 Å². The van der Waals surface area contributed by atoms with Crippen molar-refractivity contribution in [3.8, 4) is 0 Å². The summed E-state index contributed by atoms with van der Waals surface area (Å²) in [4.78, 5) is 126. The molecule has 0 spiro atoms. The predicted molar refractivity (Wildman–Crippen MR) is 271 cm³/mol. The van der Waals surface area contributed by atoms with Crippen molar-refractivity contribution in [2.45, 2.75) is 148 Å². The largest absolute Gasteiger partial charge is 0.379 e. The zero-order chi connectivity index (χ0) is 53.6. The van der Waals surface area contributed by atoms with Crippen molar-refractivity contribution in [2.24, 2.45) is 17.8 Å². The summed E-state index contributed by atoms with van der Waals surface area (Å²) in [7, 11) is 8.49. The fourth-order valence-corrected chi connectivity index (χ4v) is 9.98. The number of imide groups is 1. The summed E-state index contributed by atoms with van der Waals surface area (Å²) in [6.07, 6.45) is 6.12. The summed E-state index contributed by atoms with van der Waals surface area (Å²) in [5, 5.41) is 10.8. The number of anilines is 1. The molecule has 9 amide bonds. The first-order valence-corrected chi connectivity index (χ1v) is 25.4. The van der Waals surface area contributed by atoms with E-state index in [0.29, 0.717) is 31.6 Å². The molecule has 1 aromatic carbocycles. The van der Waals surface area contributed by atoms with Crippen LogP contribution in [0.4, 0.5) is 5.69 Å². The Labute approximate surface area is 425 Å².